The summed E-state index contributed by atoms with van der Waals surface area (Å²) in [5.74, 6) is -26.4. The van der Waals surface area contributed by atoms with Gasteiger partial charge >= 0.3 is 35.8 Å². The second-order valence-electron chi connectivity index (χ2n) is 24.0. The summed E-state index contributed by atoms with van der Waals surface area (Å²) in [7, 11) is 0. The molecule has 0 bridgehead atoms. The Hall–Kier alpha value is -10.8. The van der Waals surface area contributed by atoms with Crippen LogP contribution in [0.5, 0.6) is 0 Å². The highest BCUT2D eigenvalue weighted by Gasteiger charge is 2.38. The molecule has 8 atom stereocenters. The summed E-state index contributed by atoms with van der Waals surface area (Å²) in [5, 5.41) is 71.2. The van der Waals surface area contributed by atoms with Gasteiger partial charge in [0.2, 0.25) is 23.7 Å². The van der Waals surface area contributed by atoms with E-state index in [4.69, 9.17) is 5.73 Å². The van der Waals surface area contributed by atoms with E-state index in [1.807, 2.05) is 48.5 Å². The molecule has 1 aliphatic rings. The molecule has 0 unspecified atom stereocenters. The highest BCUT2D eigenvalue weighted by molar-refractivity contribution is 7.99. The maximum atomic E-state index is 14.3. The summed E-state index contributed by atoms with van der Waals surface area (Å²) < 4.78 is 0. The third kappa shape index (κ3) is 24.0. The summed E-state index contributed by atoms with van der Waals surface area (Å²) in [5.41, 5.74) is 10.2. The van der Waals surface area contributed by atoms with Gasteiger partial charge in [0, 0.05) is 97.8 Å². The van der Waals surface area contributed by atoms with Crippen molar-refractivity contribution in [2.75, 3.05) is 34.9 Å². The van der Waals surface area contributed by atoms with Crippen LogP contribution in [0.3, 0.4) is 0 Å². The molecule has 34 heteroatoms. The lowest BCUT2D eigenvalue weighted by Crippen LogP contribution is -2.48. The Morgan fingerprint density at radius 3 is 1.69 bits per heavy atom. The summed E-state index contributed by atoms with van der Waals surface area (Å²) in [6, 6.07) is 16.2. The molecule has 6 rings (SSSR count). The minimum atomic E-state index is -2.08. The number of fused-ring (bicyclic) bond motifs is 4. The standard InChI is InChI=1S/C67H76N10O22S2/c1-2-47(73-62(93)35(25-56(86)87)19-41(78)15-16-48(66(98)99)74-61(92)33-11-13-39(14-12-33)69-29-40-30-71-60-59(72-40)64(95)77-67(68)76-60)52(81)21-36(26-57(88)89)63(94)75-49(27-58(90)91)53(82)22-37(51(80)20-34(24-55(84)85)50(79)23-38(31-100)65(96)97)28-70-54(83)17-18-101-32-46-44-9-5-3-7-42(44)43-8-4-6-10-45(43)46/h3-14,30,34-38,46-49,69,100H,2,15-29,31-32H2,1H3,(H,70,83)(H,73,93)(H,74,92)(H,75,94)(H,84,85)(H,86,87)(H,88,89)(H,90,91)(H,96,97)(H,98,99)(H3,68,71,76,77,95)/t34-,35-,36-,37-,38-,47-,48-,49-/m0/s1. The molecule has 0 saturated carbocycles. The van der Waals surface area contributed by atoms with E-state index < -0.39 is 219 Å². The first-order valence-electron chi connectivity index (χ1n) is 31.8. The van der Waals surface area contributed by atoms with Crippen molar-refractivity contribution in [2.45, 2.75) is 121 Å². The van der Waals surface area contributed by atoms with Gasteiger partial charge in [0.1, 0.15) is 23.4 Å². The Morgan fingerprint density at radius 1 is 0.584 bits per heavy atom. The SMILES string of the molecule is CC[C@H](NC(=O)[C@H](CC(=O)O)CC(=O)CC[C@H](NC(=O)c1ccc(NCc2cnc3nc(N)[nH]c(=O)c3n2)cc1)C(=O)O)C(=O)C[C@@H](CC(=O)O)C(=O)N[C@@H](CC(=O)O)C(=O)C[C@@H](CNC(=O)CCSCC1c2ccccc2-c2ccccc21)C(=O)C[C@@H](CC(=O)O)C(=O)C[C@@H](CS)C(=O)O. The number of amides is 4. The second kappa shape index (κ2) is 38.0. The molecule has 32 nitrogen and oxygen atoms in total. The molecule has 5 aromatic rings. The first-order valence-corrected chi connectivity index (χ1v) is 33.6. The average Bonchev–Trinajstić information content (AvgIpc) is 1.62. The van der Waals surface area contributed by atoms with E-state index in [-0.39, 0.29) is 59.5 Å². The van der Waals surface area contributed by atoms with E-state index in [1.54, 1.807) is 0 Å². The molecule has 0 aliphatic heterocycles. The number of benzene rings is 3. The number of Topliss-reactive ketones (excluding diaryl/α,β-unsaturated/α-hetero) is 5. The van der Waals surface area contributed by atoms with E-state index in [0.717, 1.165) is 22.3 Å². The van der Waals surface area contributed by atoms with E-state index >= 15 is 0 Å². The van der Waals surface area contributed by atoms with Gasteiger partial charge in [-0.25, -0.2) is 14.8 Å². The molecule has 0 saturated heterocycles. The number of nitrogens with zero attached hydrogens (tertiary/aromatic N) is 3. The Kier molecular flexibility index (Phi) is 29.8. The number of ketones is 5. The molecule has 14 N–H and O–H groups in total. The van der Waals surface area contributed by atoms with Crippen molar-refractivity contribution in [3.63, 3.8) is 0 Å². The van der Waals surface area contributed by atoms with Crippen LogP contribution in [0.4, 0.5) is 11.6 Å². The quantitative estimate of drug-likeness (QED) is 0.0197. The molecule has 2 heterocycles. The first-order chi connectivity index (χ1) is 47.9. The highest BCUT2D eigenvalue weighted by atomic mass is 32.2. The molecule has 101 heavy (non-hydrogen) atoms. The number of carboxylic acid groups (broad SMARTS) is 6. The number of anilines is 2. The second-order valence-corrected chi connectivity index (χ2v) is 25.5. The molecule has 1 aliphatic carbocycles. The summed E-state index contributed by atoms with van der Waals surface area (Å²) in [6.07, 6.45) is -8.90. The van der Waals surface area contributed by atoms with E-state index in [1.165, 1.54) is 49.1 Å². The normalized spacial score (nSPS) is 14.0. The van der Waals surface area contributed by atoms with Gasteiger partial charge < -0.3 is 63.0 Å². The summed E-state index contributed by atoms with van der Waals surface area (Å²) in [6.45, 7) is 0.802. The van der Waals surface area contributed by atoms with Crippen molar-refractivity contribution in [2.24, 2.45) is 29.6 Å². The van der Waals surface area contributed by atoms with Crippen LogP contribution in [0.15, 0.2) is 83.8 Å². The fourth-order valence-corrected chi connectivity index (χ4v) is 12.7. The van der Waals surface area contributed by atoms with Gasteiger partial charge in [-0.1, -0.05) is 55.5 Å². The van der Waals surface area contributed by atoms with Gasteiger partial charge in [0.15, 0.2) is 22.7 Å². The monoisotopic (exact) mass is 1440 g/mol. The van der Waals surface area contributed by atoms with Crippen LogP contribution >= 0.6 is 24.4 Å². The number of nitrogen functional groups attached to an aromatic ring is 1. The largest absolute Gasteiger partial charge is 0.481 e. The van der Waals surface area contributed by atoms with Gasteiger partial charge in [-0.15, -0.1) is 0 Å². The number of carbonyl (C=O) groups excluding carboxylic acids is 9. The number of carbonyl (C=O) groups is 15. The van der Waals surface area contributed by atoms with Crippen LogP contribution in [-0.2, 0) is 73.7 Å². The predicted molar refractivity (Wildman–Crippen MR) is 363 cm³/mol. The van der Waals surface area contributed by atoms with Gasteiger partial charge in [-0.3, -0.25) is 76.9 Å². The van der Waals surface area contributed by atoms with Crippen LogP contribution in [0, 0.1) is 29.6 Å². The fraction of sp³-hybridized carbons (Fsp3) is 0.418. The minimum Gasteiger partial charge on any atom is -0.481 e. The van der Waals surface area contributed by atoms with Crippen molar-refractivity contribution in [1.82, 2.24) is 41.2 Å². The third-order valence-corrected chi connectivity index (χ3v) is 18.1. The van der Waals surface area contributed by atoms with E-state index in [0.29, 0.717) is 17.1 Å². The van der Waals surface area contributed by atoms with Crippen LogP contribution in [0.25, 0.3) is 22.3 Å². The molecular formula is C67H76N10O22S2. The molecular weight excluding hydrogens is 1360 g/mol. The Labute approximate surface area is 585 Å². The number of thioether (sulfide) groups is 1. The average molecular weight is 1440 g/mol. The molecule has 2 aromatic heterocycles. The summed E-state index contributed by atoms with van der Waals surface area (Å²) >= 11 is 5.42. The zero-order valence-electron chi connectivity index (χ0n) is 54.4. The van der Waals surface area contributed by atoms with Crippen LogP contribution in [0.2, 0.25) is 0 Å². The number of H-pyrrole nitrogens is 1. The zero-order chi connectivity index (χ0) is 74.2. The summed E-state index contributed by atoms with van der Waals surface area (Å²) in [4.78, 5) is 223. The third-order valence-electron chi connectivity index (χ3n) is 16.6. The van der Waals surface area contributed by atoms with Crippen molar-refractivity contribution < 1.29 is 103 Å². The lowest BCUT2D eigenvalue weighted by molar-refractivity contribution is -0.145. The van der Waals surface area contributed by atoms with Crippen LogP contribution < -0.4 is 37.9 Å². The van der Waals surface area contributed by atoms with Gasteiger partial charge in [-0.05, 0) is 59.4 Å². The smallest absolute Gasteiger partial charge is 0.326 e. The number of nitrogens with two attached hydrogens (primary N) is 1. The number of nitrogens with one attached hydrogen (secondary N) is 6. The zero-order valence-corrected chi connectivity index (χ0v) is 56.1. The number of aromatic amines is 1. The predicted octanol–water partition coefficient (Wildman–Crippen LogP) is 3.09. The number of thiol groups is 1. The minimum absolute atomic E-state index is 0.00395. The number of aromatic nitrogens is 4. The number of hydrogen-bond donors (Lipinski definition) is 14. The molecule has 0 fully saturated rings. The highest BCUT2D eigenvalue weighted by Crippen LogP contribution is 2.46. The van der Waals surface area contributed by atoms with E-state index in [2.05, 4.69) is 59.1 Å². The molecule has 0 spiro atoms. The lowest BCUT2D eigenvalue weighted by Gasteiger charge is -2.25. The van der Waals surface area contributed by atoms with Gasteiger partial charge in [0.25, 0.3) is 11.5 Å². The number of rotatable bonds is 45. The van der Waals surface area contributed by atoms with Crippen molar-refractivity contribution in [3.05, 3.63) is 112 Å². The number of hydrogen-bond acceptors (Lipinski definition) is 23. The Balaban J connectivity index is 1.08. The van der Waals surface area contributed by atoms with Gasteiger partial charge in [0.05, 0.1) is 74.0 Å². The maximum Gasteiger partial charge on any atom is 0.326 e. The lowest BCUT2D eigenvalue weighted by atomic mass is 9.84. The molecule has 538 valence electrons. The topological polar surface area (TPSA) is 535 Å². The molecule has 3 aromatic carbocycles. The van der Waals surface area contributed by atoms with E-state index in [9.17, 15) is 107 Å². The maximum absolute atomic E-state index is 14.3. The van der Waals surface area contributed by atoms with Crippen LogP contribution in [-0.4, -0.2) is 181 Å². The van der Waals surface area contributed by atoms with Crippen LogP contribution in [0.1, 0.15) is 123 Å². The molecule has 0 radical (unpaired) electrons. The Bertz CT molecular complexity index is 3990. The first kappa shape index (κ1) is 79.2. The number of aliphatic carboxylic acids is 6. The van der Waals surface area contributed by atoms with Gasteiger partial charge in [-0.2, -0.15) is 29.4 Å². The number of carboxylic acids is 6. The van der Waals surface area contributed by atoms with Crippen molar-refractivity contribution in [3.8, 4) is 11.1 Å². The van der Waals surface area contributed by atoms with Crippen molar-refractivity contribution in [1.29, 1.82) is 0 Å². The molecule has 4 amide bonds. The fourth-order valence-electron chi connectivity index (χ4n) is 11.3. The Morgan fingerprint density at radius 2 is 1.12 bits per heavy atom. The van der Waals surface area contributed by atoms with Crippen molar-refractivity contribution >= 4 is 136 Å².